The van der Waals surface area contributed by atoms with Crippen LogP contribution in [0.25, 0.3) is 0 Å². The molecule has 4 rings (SSSR count). The number of ether oxygens (including phenoxy) is 1. The van der Waals surface area contributed by atoms with Gasteiger partial charge in [0.05, 0.1) is 5.88 Å². The van der Waals surface area contributed by atoms with Gasteiger partial charge in [-0.05, 0) is 57.4 Å². The van der Waals surface area contributed by atoms with Crippen LogP contribution in [0.1, 0.15) is 52.9 Å². The number of nitrogens with one attached hydrogen (secondary N) is 1. The van der Waals surface area contributed by atoms with E-state index in [-0.39, 0.29) is 11.8 Å². The minimum absolute atomic E-state index is 0.0466. The van der Waals surface area contributed by atoms with Crippen molar-refractivity contribution in [1.82, 2.24) is 20.1 Å². The summed E-state index contributed by atoms with van der Waals surface area (Å²) in [5.41, 5.74) is -0.642. The Morgan fingerprint density at radius 2 is 1.87 bits per heavy atom. The van der Waals surface area contributed by atoms with Crippen molar-refractivity contribution in [1.29, 1.82) is 0 Å². The lowest BCUT2D eigenvalue weighted by molar-refractivity contribution is -0.137. The number of carbonyl (C=O) groups is 3. The second-order valence-corrected chi connectivity index (χ2v) is 13.6. The quantitative estimate of drug-likeness (QED) is 0.498. The van der Waals surface area contributed by atoms with Crippen LogP contribution in [0.15, 0.2) is 24.4 Å². The Morgan fingerprint density at radius 3 is 2.54 bits per heavy atom. The summed E-state index contributed by atoms with van der Waals surface area (Å²) in [6, 6.07) is 4.58. The summed E-state index contributed by atoms with van der Waals surface area (Å²) in [5.74, 6) is 3.71. The number of thioether (sulfide) groups is 2. The third-order valence-electron chi connectivity index (χ3n) is 7.35. The molecule has 0 radical (unpaired) electrons. The van der Waals surface area contributed by atoms with Crippen molar-refractivity contribution in [3.63, 3.8) is 0 Å². The number of nitrogens with zero attached hydrogens (tertiary/aromatic N) is 4. The lowest BCUT2D eigenvalue weighted by atomic mass is 9.91. The molecular formula is C28H43N5O4S2. The zero-order chi connectivity index (χ0) is 27.8. The van der Waals surface area contributed by atoms with E-state index in [4.69, 9.17) is 4.74 Å². The van der Waals surface area contributed by atoms with E-state index >= 15 is 0 Å². The van der Waals surface area contributed by atoms with Gasteiger partial charge in [0.1, 0.15) is 23.5 Å². The highest BCUT2D eigenvalue weighted by Crippen LogP contribution is 2.28. The van der Waals surface area contributed by atoms with Crippen LogP contribution in [-0.2, 0) is 14.3 Å². The third-order valence-corrected chi connectivity index (χ3v) is 9.64. The zero-order valence-electron chi connectivity index (χ0n) is 23.5. The van der Waals surface area contributed by atoms with Crippen molar-refractivity contribution in [2.45, 2.75) is 70.6 Å². The number of aromatic nitrogens is 1. The standard InChI is InChI=1S/C28H43N5O4S2/c1-28(2,3)37-27(36)33-20-39-19-23(33)25(34)30-22(18-38-17-21-9-5-4-6-10-21)26(35)32-15-13-31(14-16-32)24-11-7-8-12-29-24/h7-8,11-12,21-23H,4-6,9-10,13-20H2,1-3H3,(H,30,34)/t22-,23-/m0/s1. The van der Waals surface area contributed by atoms with Crippen molar-refractivity contribution < 1.29 is 19.1 Å². The van der Waals surface area contributed by atoms with Crippen LogP contribution < -0.4 is 10.2 Å². The van der Waals surface area contributed by atoms with E-state index in [0.29, 0.717) is 49.5 Å². The summed E-state index contributed by atoms with van der Waals surface area (Å²) in [6.07, 6.45) is 7.66. The highest BCUT2D eigenvalue weighted by molar-refractivity contribution is 7.99. The highest BCUT2D eigenvalue weighted by atomic mass is 32.2. The van der Waals surface area contributed by atoms with Crippen LogP contribution in [0.4, 0.5) is 10.6 Å². The van der Waals surface area contributed by atoms with Gasteiger partial charge in [-0.1, -0.05) is 25.3 Å². The fourth-order valence-corrected chi connectivity index (χ4v) is 7.63. The highest BCUT2D eigenvalue weighted by Gasteiger charge is 2.39. The average Bonchev–Trinajstić information content (AvgIpc) is 3.43. The fourth-order valence-electron chi connectivity index (χ4n) is 5.23. The second-order valence-electron chi connectivity index (χ2n) is 11.6. The van der Waals surface area contributed by atoms with E-state index in [9.17, 15) is 14.4 Å². The number of piperazine rings is 1. The zero-order valence-corrected chi connectivity index (χ0v) is 25.1. The summed E-state index contributed by atoms with van der Waals surface area (Å²) in [6.45, 7) is 8.00. The molecule has 0 spiro atoms. The van der Waals surface area contributed by atoms with Crippen LogP contribution in [-0.4, -0.2) is 99.7 Å². The molecule has 3 heterocycles. The second kappa shape index (κ2) is 14.0. The van der Waals surface area contributed by atoms with Crippen molar-refractivity contribution >= 4 is 47.2 Å². The third kappa shape index (κ3) is 8.67. The molecule has 2 saturated heterocycles. The van der Waals surface area contributed by atoms with Crippen molar-refractivity contribution in [3.05, 3.63) is 24.4 Å². The molecule has 3 fully saturated rings. The molecular weight excluding hydrogens is 534 g/mol. The molecule has 0 bridgehead atoms. The average molecular weight is 578 g/mol. The van der Waals surface area contributed by atoms with E-state index in [0.717, 1.165) is 11.6 Å². The first-order chi connectivity index (χ1) is 18.7. The number of hydrogen-bond acceptors (Lipinski definition) is 8. The largest absolute Gasteiger partial charge is 0.444 e. The first-order valence-corrected chi connectivity index (χ1v) is 16.4. The molecule has 1 aromatic heterocycles. The number of rotatable bonds is 8. The van der Waals surface area contributed by atoms with Gasteiger partial charge in [-0.2, -0.15) is 11.8 Å². The molecule has 1 saturated carbocycles. The Kier molecular flexibility index (Phi) is 10.7. The molecule has 1 N–H and O–H groups in total. The van der Waals surface area contributed by atoms with Gasteiger partial charge in [0, 0.05) is 43.9 Å². The molecule has 39 heavy (non-hydrogen) atoms. The fraction of sp³-hybridized carbons (Fsp3) is 0.714. The Hall–Kier alpha value is -2.14. The number of pyridine rings is 1. The van der Waals surface area contributed by atoms with Gasteiger partial charge in [0.25, 0.3) is 0 Å². The SMILES string of the molecule is CC(C)(C)OC(=O)N1CSC[C@H]1C(=O)N[C@@H](CSCC1CCCCC1)C(=O)N1CCN(c2ccccn2)CC1. The number of carbonyl (C=O) groups excluding carboxylic acids is 3. The van der Waals surface area contributed by atoms with Gasteiger partial charge in [-0.15, -0.1) is 11.8 Å². The van der Waals surface area contributed by atoms with E-state index in [1.807, 2.05) is 43.9 Å². The monoisotopic (exact) mass is 577 g/mol. The molecule has 11 heteroatoms. The van der Waals surface area contributed by atoms with Gasteiger partial charge in [0.2, 0.25) is 11.8 Å². The molecule has 3 aliphatic rings. The van der Waals surface area contributed by atoms with E-state index in [2.05, 4.69) is 15.2 Å². The van der Waals surface area contributed by atoms with E-state index in [1.165, 1.54) is 48.8 Å². The number of hydrogen-bond donors (Lipinski definition) is 1. The van der Waals surface area contributed by atoms with Gasteiger partial charge in [0.15, 0.2) is 0 Å². The van der Waals surface area contributed by atoms with Crippen LogP contribution in [0.2, 0.25) is 0 Å². The lowest BCUT2D eigenvalue weighted by Crippen LogP contribution is -2.58. The van der Waals surface area contributed by atoms with E-state index < -0.39 is 23.8 Å². The summed E-state index contributed by atoms with van der Waals surface area (Å²) in [4.78, 5) is 49.9. The summed E-state index contributed by atoms with van der Waals surface area (Å²) in [7, 11) is 0. The maximum Gasteiger partial charge on any atom is 0.411 e. The number of amides is 3. The first kappa shape index (κ1) is 29.8. The predicted molar refractivity (Wildman–Crippen MR) is 158 cm³/mol. The lowest BCUT2D eigenvalue weighted by Gasteiger charge is -2.37. The Balaban J connectivity index is 1.38. The summed E-state index contributed by atoms with van der Waals surface area (Å²) < 4.78 is 5.53. The van der Waals surface area contributed by atoms with Crippen LogP contribution in [0.5, 0.6) is 0 Å². The maximum atomic E-state index is 13.7. The Bertz CT molecular complexity index is 962. The predicted octanol–water partition coefficient (Wildman–Crippen LogP) is 3.84. The van der Waals surface area contributed by atoms with Gasteiger partial charge < -0.3 is 19.9 Å². The molecule has 9 nitrogen and oxygen atoms in total. The van der Waals surface area contributed by atoms with Crippen molar-refractivity contribution in [3.8, 4) is 0 Å². The smallest absolute Gasteiger partial charge is 0.411 e. The molecule has 216 valence electrons. The molecule has 1 aromatic rings. The Morgan fingerprint density at radius 1 is 1.13 bits per heavy atom. The van der Waals surface area contributed by atoms with Crippen molar-refractivity contribution in [2.24, 2.45) is 5.92 Å². The minimum atomic E-state index is -0.649. The minimum Gasteiger partial charge on any atom is -0.444 e. The molecule has 0 aromatic carbocycles. The molecule has 2 aliphatic heterocycles. The van der Waals surface area contributed by atoms with E-state index in [1.54, 1.807) is 18.0 Å². The first-order valence-electron chi connectivity index (χ1n) is 14.1. The Labute approximate surface area is 241 Å². The number of anilines is 1. The summed E-state index contributed by atoms with van der Waals surface area (Å²) in [5, 5.41) is 3.04. The molecule has 1 aliphatic carbocycles. The summed E-state index contributed by atoms with van der Waals surface area (Å²) >= 11 is 3.29. The molecule has 3 amide bonds. The van der Waals surface area contributed by atoms with Gasteiger partial charge in [-0.25, -0.2) is 9.78 Å². The normalized spacial score (nSPS) is 21.5. The van der Waals surface area contributed by atoms with Crippen LogP contribution >= 0.6 is 23.5 Å². The van der Waals surface area contributed by atoms with Gasteiger partial charge >= 0.3 is 6.09 Å². The molecule has 2 atom stereocenters. The van der Waals surface area contributed by atoms with Crippen molar-refractivity contribution in [2.75, 3.05) is 54.2 Å². The topological polar surface area (TPSA) is 95.1 Å². The van der Waals surface area contributed by atoms with Gasteiger partial charge in [-0.3, -0.25) is 14.5 Å². The van der Waals surface area contributed by atoms with Crippen LogP contribution in [0.3, 0.4) is 0 Å². The van der Waals surface area contributed by atoms with Crippen LogP contribution in [0, 0.1) is 5.92 Å². The maximum absolute atomic E-state index is 13.7. The molecule has 0 unspecified atom stereocenters.